The summed E-state index contributed by atoms with van der Waals surface area (Å²) in [5, 5.41) is 13.3. The topological polar surface area (TPSA) is 93.2 Å². The summed E-state index contributed by atoms with van der Waals surface area (Å²) >= 11 is 1.79. The van der Waals surface area contributed by atoms with E-state index in [4.69, 9.17) is 9.72 Å². The molecule has 0 aromatic carbocycles. The van der Waals surface area contributed by atoms with E-state index in [9.17, 15) is 4.79 Å². The number of rotatable bonds is 3. The molecule has 1 N–H and O–H groups in total. The van der Waals surface area contributed by atoms with Crippen molar-refractivity contribution < 1.29 is 14.4 Å². The monoisotopic (exact) mass is 417 g/mol. The van der Waals surface area contributed by atoms with E-state index in [0.29, 0.717) is 25.5 Å². The van der Waals surface area contributed by atoms with Crippen molar-refractivity contribution in [3.05, 3.63) is 10.4 Å². The largest absolute Gasteiger partial charge is 0.450 e. The summed E-state index contributed by atoms with van der Waals surface area (Å²) in [5.41, 5.74) is 1.40. The van der Waals surface area contributed by atoms with Crippen LogP contribution in [0.4, 0.5) is 10.6 Å². The fraction of sp³-hybridized carbons (Fsp3) is 0.611. The van der Waals surface area contributed by atoms with Gasteiger partial charge in [0.05, 0.1) is 30.0 Å². The Kier molecular flexibility index (Phi) is 4.70. The summed E-state index contributed by atoms with van der Waals surface area (Å²) in [7, 11) is 0. The molecule has 11 heteroatoms. The summed E-state index contributed by atoms with van der Waals surface area (Å²) in [6.45, 7) is 10.5. The third-order valence-corrected chi connectivity index (χ3v) is 7.10. The molecule has 10 nitrogen and oxygen atoms in total. The van der Waals surface area contributed by atoms with Crippen LogP contribution in [-0.4, -0.2) is 81.9 Å². The number of nitrogens with one attached hydrogen (secondary N) is 1. The molecule has 0 bridgehead atoms. The molecule has 3 aromatic heterocycles. The first-order chi connectivity index (χ1) is 14.2. The number of likely N-dealkylation sites (N-methyl/N-ethyl adjacent to an activating group) is 1. The zero-order chi connectivity index (χ0) is 20.0. The van der Waals surface area contributed by atoms with Gasteiger partial charge in [0.15, 0.2) is 0 Å². The van der Waals surface area contributed by atoms with Crippen molar-refractivity contribution in [1.82, 2.24) is 29.9 Å². The Morgan fingerprint density at radius 1 is 1.24 bits per heavy atom. The van der Waals surface area contributed by atoms with E-state index in [1.165, 1.54) is 15.8 Å². The minimum atomic E-state index is -0.238. The van der Waals surface area contributed by atoms with E-state index in [-0.39, 0.29) is 6.09 Å². The molecule has 3 aromatic rings. The average molecular weight is 418 g/mol. The molecule has 5 heterocycles. The maximum Gasteiger partial charge on any atom is 0.409 e. The number of aromatic nitrogens is 5. The van der Waals surface area contributed by atoms with E-state index in [1.807, 2.05) is 6.92 Å². The molecule has 0 saturated carbocycles. The lowest BCUT2D eigenvalue weighted by Gasteiger charge is -2.35. The number of piperazine rings is 1. The number of anilines is 1. The Labute approximate surface area is 172 Å². The van der Waals surface area contributed by atoms with Crippen molar-refractivity contribution in [3.63, 3.8) is 0 Å². The number of thiophene rings is 1. The fourth-order valence-electron chi connectivity index (χ4n) is 4.28. The van der Waals surface area contributed by atoms with Crippen LogP contribution in [0.2, 0.25) is 0 Å². The normalized spacial score (nSPS) is 19.7. The van der Waals surface area contributed by atoms with Gasteiger partial charge in [0.2, 0.25) is 0 Å². The van der Waals surface area contributed by atoms with Crippen molar-refractivity contribution in [1.29, 1.82) is 0 Å². The Balaban J connectivity index is 1.53. The predicted octanol–water partition coefficient (Wildman–Crippen LogP) is -0.0266. The number of quaternary nitrogens is 1. The van der Waals surface area contributed by atoms with Gasteiger partial charge in [0, 0.05) is 32.6 Å². The number of fused-ring (bicyclic) bond motifs is 5. The van der Waals surface area contributed by atoms with Gasteiger partial charge in [-0.15, -0.1) is 11.3 Å². The Bertz CT molecular complexity index is 1060. The zero-order valence-electron chi connectivity index (χ0n) is 16.7. The van der Waals surface area contributed by atoms with Gasteiger partial charge >= 0.3 is 6.09 Å². The molecule has 1 amide bonds. The molecule has 2 aliphatic heterocycles. The highest BCUT2D eigenvalue weighted by Gasteiger charge is 2.30. The van der Waals surface area contributed by atoms with Crippen LogP contribution < -0.4 is 9.80 Å². The summed E-state index contributed by atoms with van der Waals surface area (Å²) in [4.78, 5) is 25.0. The molecule has 1 unspecified atom stereocenters. The van der Waals surface area contributed by atoms with Crippen LogP contribution in [0.3, 0.4) is 0 Å². The second-order valence-electron chi connectivity index (χ2n) is 7.46. The number of carbonyl (C=O) groups is 1. The SMILES string of the molecule is CCOC(=O)N1CCN(c2nc3nnnn3c3sc4c(c23)CC[NH+](CC)C4)CC1. The molecule has 0 spiro atoms. The highest BCUT2D eigenvalue weighted by Crippen LogP contribution is 2.38. The molecule has 154 valence electrons. The third kappa shape index (κ3) is 3.08. The molecule has 1 atom stereocenters. The van der Waals surface area contributed by atoms with E-state index in [1.54, 1.807) is 25.7 Å². The van der Waals surface area contributed by atoms with Crippen molar-refractivity contribution >= 4 is 39.2 Å². The molecule has 1 fully saturated rings. The first-order valence-corrected chi connectivity index (χ1v) is 11.0. The van der Waals surface area contributed by atoms with Crippen LogP contribution in [0.5, 0.6) is 0 Å². The van der Waals surface area contributed by atoms with Crippen molar-refractivity contribution in [2.75, 3.05) is 50.8 Å². The van der Waals surface area contributed by atoms with E-state index < -0.39 is 0 Å². The van der Waals surface area contributed by atoms with Gasteiger partial charge in [0.25, 0.3) is 5.78 Å². The maximum absolute atomic E-state index is 12.0. The van der Waals surface area contributed by atoms with Gasteiger partial charge in [-0.3, -0.25) is 0 Å². The van der Waals surface area contributed by atoms with Crippen LogP contribution in [0.25, 0.3) is 16.0 Å². The van der Waals surface area contributed by atoms with Crippen molar-refractivity contribution in [2.45, 2.75) is 26.8 Å². The van der Waals surface area contributed by atoms with E-state index in [2.05, 4.69) is 27.3 Å². The zero-order valence-corrected chi connectivity index (χ0v) is 17.5. The minimum Gasteiger partial charge on any atom is -0.450 e. The van der Waals surface area contributed by atoms with Gasteiger partial charge in [-0.1, -0.05) is 5.10 Å². The number of carbonyl (C=O) groups excluding carboxylic acids is 1. The summed E-state index contributed by atoms with van der Waals surface area (Å²) in [6.07, 6.45) is 0.807. The molecule has 29 heavy (non-hydrogen) atoms. The van der Waals surface area contributed by atoms with Gasteiger partial charge in [-0.25, -0.2) is 4.79 Å². The van der Waals surface area contributed by atoms with Gasteiger partial charge in [-0.2, -0.15) is 9.50 Å². The fourth-order valence-corrected chi connectivity index (χ4v) is 5.64. The first-order valence-electron chi connectivity index (χ1n) is 10.2. The summed E-state index contributed by atoms with van der Waals surface area (Å²) in [5.74, 6) is 1.47. The predicted molar refractivity (Wildman–Crippen MR) is 109 cm³/mol. The second-order valence-corrected chi connectivity index (χ2v) is 8.55. The number of tetrazole rings is 1. The van der Waals surface area contributed by atoms with Crippen LogP contribution in [0, 0.1) is 0 Å². The van der Waals surface area contributed by atoms with Gasteiger partial charge in [-0.05, 0) is 29.8 Å². The summed E-state index contributed by atoms with van der Waals surface area (Å²) in [6, 6.07) is 0. The van der Waals surface area contributed by atoms with Crippen LogP contribution in [-0.2, 0) is 17.7 Å². The Morgan fingerprint density at radius 2 is 2.07 bits per heavy atom. The van der Waals surface area contributed by atoms with Crippen LogP contribution in [0.15, 0.2) is 0 Å². The Morgan fingerprint density at radius 3 is 2.83 bits per heavy atom. The highest BCUT2D eigenvalue weighted by atomic mass is 32.1. The number of amides is 1. The molecular weight excluding hydrogens is 392 g/mol. The van der Waals surface area contributed by atoms with Gasteiger partial charge < -0.3 is 19.4 Å². The van der Waals surface area contributed by atoms with Crippen LogP contribution >= 0.6 is 11.3 Å². The number of ether oxygens (including phenoxy) is 1. The highest BCUT2D eigenvalue weighted by molar-refractivity contribution is 7.19. The first kappa shape index (κ1) is 18.5. The molecule has 1 saturated heterocycles. The van der Waals surface area contributed by atoms with E-state index in [0.717, 1.165) is 49.8 Å². The third-order valence-electron chi connectivity index (χ3n) is 5.89. The number of hydrogen-bond donors (Lipinski definition) is 1. The smallest absolute Gasteiger partial charge is 0.409 e. The minimum absolute atomic E-state index is 0.238. The summed E-state index contributed by atoms with van der Waals surface area (Å²) < 4.78 is 6.91. The molecule has 2 aliphatic rings. The number of nitrogens with zero attached hydrogens (tertiary/aromatic N) is 7. The quantitative estimate of drug-likeness (QED) is 0.640. The lowest BCUT2D eigenvalue weighted by molar-refractivity contribution is -0.913. The number of hydrogen-bond acceptors (Lipinski definition) is 8. The Hall–Kier alpha value is -2.53. The standard InChI is InChI=1S/C18H24N8O2S/c1-3-23-6-5-12-13(11-23)29-16-14(12)15(19-17-20-21-22-26(16)17)24-7-9-25(10-8-24)18(27)28-4-2/h3-11H2,1-2H3/p+1. The molecule has 5 rings (SSSR count). The van der Waals surface area contributed by atoms with Gasteiger partial charge in [0.1, 0.15) is 17.2 Å². The molecule has 0 radical (unpaired) electrons. The molecule has 0 aliphatic carbocycles. The average Bonchev–Trinajstić information content (AvgIpc) is 3.37. The maximum atomic E-state index is 12.0. The van der Waals surface area contributed by atoms with Crippen molar-refractivity contribution in [2.24, 2.45) is 0 Å². The van der Waals surface area contributed by atoms with Crippen LogP contribution in [0.1, 0.15) is 24.3 Å². The van der Waals surface area contributed by atoms with Crippen molar-refractivity contribution in [3.8, 4) is 0 Å². The lowest BCUT2D eigenvalue weighted by atomic mass is 10.0. The van der Waals surface area contributed by atoms with E-state index >= 15 is 0 Å². The molecular formula is C18H25N8O2S+. The second kappa shape index (κ2) is 7.38. The lowest BCUT2D eigenvalue weighted by Crippen LogP contribution is -3.11.